The Morgan fingerprint density at radius 1 is 1.03 bits per heavy atom. The summed E-state index contributed by atoms with van der Waals surface area (Å²) in [6.45, 7) is 10.5. The highest BCUT2D eigenvalue weighted by Gasteiger charge is 2.27. The molecule has 8 nitrogen and oxygen atoms in total. The largest absolute Gasteiger partial charge is 0.357 e. The second-order valence-corrected chi connectivity index (χ2v) is 10.6. The Morgan fingerprint density at radius 2 is 1.63 bits per heavy atom. The number of rotatable bonds is 8. The molecule has 9 heteroatoms. The molecule has 0 aromatic rings. The molecule has 2 aliphatic heterocycles. The minimum absolute atomic E-state index is 0.155. The third-order valence-electron chi connectivity index (χ3n) is 6.38. The number of nitrogens with zero attached hydrogens (tertiary/aromatic N) is 3. The van der Waals surface area contributed by atoms with Crippen LogP contribution in [-0.2, 0) is 14.8 Å². The van der Waals surface area contributed by atoms with Crippen LogP contribution in [0.4, 0.5) is 0 Å². The number of guanidine groups is 1. The lowest BCUT2D eigenvalue weighted by molar-refractivity contribution is -0.136. The van der Waals surface area contributed by atoms with Gasteiger partial charge in [-0.2, -0.15) is 0 Å². The van der Waals surface area contributed by atoms with Crippen LogP contribution in [0.1, 0.15) is 59.3 Å². The number of aliphatic imine (C=N–C) groups is 1. The molecule has 0 saturated carbocycles. The predicted octanol–water partition coefficient (Wildman–Crippen LogP) is 1.64. The summed E-state index contributed by atoms with van der Waals surface area (Å²) in [7, 11) is -3.08. The van der Waals surface area contributed by atoms with Gasteiger partial charge in [0.2, 0.25) is 15.9 Å². The Bertz CT molecular complexity index is 662. The first-order chi connectivity index (χ1) is 14.3. The van der Waals surface area contributed by atoms with Crippen molar-refractivity contribution in [1.82, 2.24) is 19.8 Å². The number of hydrogen-bond acceptors (Lipinski definition) is 4. The van der Waals surface area contributed by atoms with Gasteiger partial charge >= 0.3 is 0 Å². The van der Waals surface area contributed by atoms with Gasteiger partial charge in [-0.05, 0) is 51.4 Å². The van der Waals surface area contributed by atoms with E-state index in [1.54, 1.807) is 4.31 Å². The van der Waals surface area contributed by atoms with E-state index in [2.05, 4.69) is 31.4 Å². The van der Waals surface area contributed by atoms with E-state index in [1.165, 1.54) is 6.26 Å². The molecule has 0 bridgehead atoms. The normalized spacial score (nSPS) is 20.6. The molecule has 2 heterocycles. The fourth-order valence-electron chi connectivity index (χ4n) is 4.30. The Hall–Kier alpha value is -1.35. The topological polar surface area (TPSA) is 94.1 Å². The molecule has 0 unspecified atom stereocenters. The van der Waals surface area contributed by atoms with Crippen LogP contribution in [0.3, 0.4) is 0 Å². The molecule has 2 fully saturated rings. The van der Waals surface area contributed by atoms with E-state index < -0.39 is 10.0 Å². The third-order valence-corrected chi connectivity index (χ3v) is 7.68. The number of likely N-dealkylation sites (tertiary alicyclic amines) is 1. The summed E-state index contributed by atoms with van der Waals surface area (Å²) in [5.74, 6) is 1.70. The van der Waals surface area contributed by atoms with Gasteiger partial charge in [-0.15, -0.1) is 0 Å². The molecule has 2 rings (SSSR count). The minimum atomic E-state index is -3.08. The van der Waals surface area contributed by atoms with Crippen LogP contribution in [0.15, 0.2) is 4.99 Å². The summed E-state index contributed by atoms with van der Waals surface area (Å²) in [6.07, 6.45) is 6.68. The maximum absolute atomic E-state index is 12.6. The standard InChI is InChI=1S/C21H41N5O3S/c1-5-18(6-2)20(27)25-12-10-19(11-13-25)24-21(22-7-3)23-16-17-8-14-26(15-9-17)30(4,28)29/h17-19H,5-16H2,1-4H3,(H2,22,23,24). The van der Waals surface area contributed by atoms with Crippen molar-refractivity contribution in [2.75, 3.05) is 45.5 Å². The van der Waals surface area contributed by atoms with Crippen molar-refractivity contribution < 1.29 is 13.2 Å². The first-order valence-corrected chi connectivity index (χ1v) is 13.4. The number of carbonyl (C=O) groups is 1. The second kappa shape index (κ2) is 11.9. The lowest BCUT2D eigenvalue weighted by Crippen LogP contribution is -2.50. The summed E-state index contributed by atoms with van der Waals surface area (Å²) in [4.78, 5) is 19.4. The smallest absolute Gasteiger partial charge is 0.225 e. The number of carbonyl (C=O) groups excluding carboxylic acids is 1. The lowest BCUT2D eigenvalue weighted by atomic mass is 9.98. The lowest BCUT2D eigenvalue weighted by Gasteiger charge is -2.35. The number of nitrogens with one attached hydrogen (secondary N) is 2. The zero-order valence-corrected chi connectivity index (χ0v) is 20.0. The maximum atomic E-state index is 12.6. The molecular formula is C21H41N5O3S. The summed E-state index contributed by atoms with van der Waals surface area (Å²) < 4.78 is 24.9. The van der Waals surface area contributed by atoms with E-state index in [9.17, 15) is 13.2 Å². The molecule has 0 spiro atoms. The van der Waals surface area contributed by atoms with E-state index in [-0.39, 0.29) is 5.92 Å². The molecule has 0 atom stereocenters. The van der Waals surface area contributed by atoms with Crippen LogP contribution >= 0.6 is 0 Å². The zero-order valence-electron chi connectivity index (χ0n) is 19.2. The van der Waals surface area contributed by atoms with Gasteiger partial charge in [0.25, 0.3) is 0 Å². The van der Waals surface area contributed by atoms with E-state index in [0.717, 1.165) is 64.1 Å². The molecule has 0 aromatic carbocycles. The van der Waals surface area contributed by atoms with Crippen LogP contribution in [0.2, 0.25) is 0 Å². The van der Waals surface area contributed by atoms with Crippen LogP contribution in [0.5, 0.6) is 0 Å². The Kier molecular flexibility index (Phi) is 9.87. The second-order valence-electron chi connectivity index (χ2n) is 8.58. The highest BCUT2D eigenvalue weighted by Crippen LogP contribution is 2.20. The van der Waals surface area contributed by atoms with Gasteiger partial charge in [-0.3, -0.25) is 9.79 Å². The average Bonchev–Trinajstić information content (AvgIpc) is 2.73. The van der Waals surface area contributed by atoms with Crippen molar-refractivity contribution in [3.63, 3.8) is 0 Å². The van der Waals surface area contributed by atoms with Crippen molar-refractivity contribution in [2.24, 2.45) is 16.8 Å². The van der Waals surface area contributed by atoms with E-state index in [0.29, 0.717) is 37.5 Å². The molecule has 0 radical (unpaired) electrons. The molecule has 0 aromatic heterocycles. The van der Waals surface area contributed by atoms with Gasteiger partial charge in [0, 0.05) is 51.2 Å². The van der Waals surface area contributed by atoms with Crippen LogP contribution in [-0.4, -0.2) is 81.1 Å². The summed E-state index contributed by atoms with van der Waals surface area (Å²) in [6, 6.07) is 0.320. The van der Waals surface area contributed by atoms with Crippen LogP contribution in [0.25, 0.3) is 0 Å². The molecule has 2 aliphatic rings. The highest BCUT2D eigenvalue weighted by molar-refractivity contribution is 7.88. The summed E-state index contributed by atoms with van der Waals surface area (Å²) in [5, 5.41) is 6.87. The van der Waals surface area contributed by atoms with Gasteiger partial charge in [0.15, 0.2) is 5.96 Å². The first-order valence-electron chi connectivity index (χ1n) is 11.6. The molecular weight excluding hydrogens is 402 g/mol. The number of hydrogen-bond donors (Lipinski definition) is 2. The Balaban J connectivity index is 1.81. The van der Waals surface area contributed by atoms with Gasteiger partial charge in [0.05, 0.1) is 6.26 Å². The van der Waals surface area contributed by atoms with Crippen molar-refractivity contribution in [1.29, 1.82) is 0 Å². The minimum Gasteiger partial charge on any atom is -0.357 e. The van der Waals surface area contributed by atoms with Crippen molar-refractivity contribution in [3.05, 3.63) is 0 Å². The third kappa shape index (κ3) is 7.41. The van der Waals surface area contributed by atoms with Crippen molar-refractivity contribution in [2.45, 2.75) is 65.3 Å². The maximum Gasteiger partial charge on any atom is 0.225 e. The Morgan fingerprint density at radius 3 is 2.13 bits per heavy atom. The summed E-state index contributed by atoms with van der Waals surface area (Å²) in [5.41, 5.74) is 0. The molecule has 1 amide bonds. The highest BCUT2D eigenvalue weighted by atomic mass is 32.2. The number of piperidine rings is 2. The van der Waals surface area contributed by atoms with E-state index >= 15 is 0 Å². The van der Waals surface area contributed by atoms with Crippen LogP contribution in [0, 0.1) is 11.8 Å². The van der Waals surface area contributed by atoms with E-state index in [1.807, 2.05) is 4.90 Å². The van der Waals surface area contributed by atoms with Gasteiger partial charge in [0.1, 0.15) is 0 Å². The molecule has 2 N–H and O–H groups in total. The van der Waals surface area contributed by atoms with Gasteiger partial charge < -0.3 is 15.5 Å². The Labute approximate surface area is 182 Å². The van der Waals surface area contributed by atoms with Crippen molar-refractivity contribution in [3.8, 4) is 0 Å². The molecule has 30 heavy (non-hydrogen) atoms. The zero-order chi connectivity index (χ0) is 22.1. The average molecular weight is 444 g/mol. The van der Waals surface area contributed by atoms with E-state index in [4.69, 9.17) is 4.99 Å². The molecule has 0 aliphatic carbocycles. The van der Waals surface area contributed by atoms with Crippen molar-refractivity contribution >= 4 is 21.9 Å². The fraction of sp³-hybridized carbons (Fsp3) is 0.905. The number of sulfonamides is 1. The molecule has 2 saturated heterocycles. The van der Waals surface area contributed by atoms with Gasteiger partial charge in [-0.1, -0.05) is 13.8 Å². The van der Waals surface area contributed by atoms with Gasteiger partial charge in [-0.25, -0.2) is 12.7 Å². The fourth-order valence-corrected chi connectivity index (χ4v) is 5.17. The monoisotopic (exact) mass is 443 g/mol. The quantitative estimate of drug-likeness (QED) is 0.439. The predicted molar refractivity (Wildman–Crippen MR) is 122 cm³/mol. The molecule has 174 valence electrons. The van der Waals surface area contributed by atoms with Crippen LogP contribution < -0.4 is 10.6 Å². The number of amides is 1. The SMILES string of the molecule is CCNC(=NCC1CCN(S(C)(=O)=O)CC1)NC1CCN(C(=O)C(CC)CC)CC1. The summed E-state index contributed by atoms with van der Waals surface area (Å²) >= 11 is 0. The first kappa shape index (κ1) is 24.9.